The molecular formula is C10H23ClN2O2. The Morgan fingerprint density at radius 1 is 1.20 bits per heavy atom. The summed E-state index contributed by atoms with van der Waals surface area (Å²) in [4.78, 5) is 2.41. The highest BCUT2D eigenvalue weighted by Crippen LogP contribution is 2.07. The fourth-order valence-electron chi connectivity index (χ4n) is 1.61. The van der Waals surface area contributed by atoms with Crippen LogP contribution in [0.15, 0.2) is 0 Å². The smallest absolute Gasteiger partial charge is 0.0700 e. The maximum absolute atomic E-state index is 5.82. The summed E-state index contributed by atoms with van der Waals surface area (Å²) in [5.41, 5.74) is 5.82. The van der Waals surface area contributed by atoms with Crippen LogP contribution in [0.1, 0.15) is 12.8 Å². The molecule has 92 valence electrons. The highest BCUT2D eigenvalue weighted by Gasteiger charge is 2.14. The molecule has 0 radical (unpaired) electrons. The Balaban J connectivity index is 0.00000196. The lowest BCUT2D eigenvalue weighted by atomic mass is 10.1. The molecule has 4 nitrogen and oxygen atoms in total. The molecule has 0 bridgehead atoms. The number of hydrogen-bond donors (Lipinski definition) is 1. The van der Waals surface area contributed by atoms with Gasteiger partial charge in [0.25, 0.3) is 0 Å². The van der Waals surface area contributed by atoms with Gasteiger partial charge in [0, 0.05) is 19.7 Å². The van der Waals surface area contributed by atoms with Crippen molar-refractivity contribution in [2.75, 3.05) is 46.6 Å². The number of rotatable bonds is 6. The average Bonchev–Trinajstić information content (AvgIpc) is 2.21. The van der Waals surface area contributed by atoms with Crippen molar-refractivity contribution in [2.45, 2.75) is 18.9 Å². The molecule has 1 rings (SSSR count). The number of ether oxygens (including phenoxy) is 2. The SMILES string of the molecule is COCCOCCN1CCC(N)CC1.Cl. The molecule has 1 saturated heterocycles. The predicted molar refractivity (Wildman–Crippen MR) is 63.6 cm³/mol. The lowest BCUT2D eigenvalue weighted by Crippen LogP contribution is -2.41. The van der Waals surface area contributed by atoms with Crippen molar-refractivity contribution in [1.82, 2.24) is 4.90 Å². The van der Waals surface area contributed by atoms with Crippen molar-refractivity contribution >= 4 is 12.4 Å². The van der Waals surface area contributed by atoms with Crippen molar-refractivity contribution in [1.29, 1.82) is 0 Å². The molecule has 0 spiro atoms. The molecule has 0 amide bonds. The minimum absolute atomic E-state index is 0. The quantitative estimate of drug-likeness (QED) is 0.685. The second-order valence-electron chi connectivity index (χ2n) is 3.78. The molecule has 0 aliphatic carbocycles. The zero-order valence-corrected chi connectivity index (χ0v) is 10.3. The van der Waals surface area contributed by atoms with Gasteiger partial charge >= 0.3 is 0 Å². The van der Waals surface area contributed by atoms with Gasteiger partial charge in [-0.25, -0.2) is 0 Å². The molecule has 0 aromatic rings. The van der Waals surface area contributed by atoms with E-state index >= 15 is 0 Å². The van der Waals surface area contributed by atoms with E-state index in [1.165, 1.54) is 0 Å². The monoisotopic (exact) mass is 238 g/mol. The van der Waals surface area contributed by atoms with E-state index in [1.54, 1.807) is 7.11 Å². The van der Waals surface area contributed by atoms with Crippen molar-refractivity contribution in [3.05, 3.63) is 0 Å². The zero-order valence-electron chi connectivity index (χ0n) is 9.48. The average molecular weight is 239 g/mol. The third-order valence-corrected chi connectivity index (χ3v) is 2.62. The van der Waals surface area contributed by atoms with Crippen LogP contribution < -0.4 is 5.73 Å². The second-order valence-corrected chi connectivity index (χ2v) is 3.78. The highest BCUT2D eigenvalue weighted by atomic mass is 35.5. The topological polar surface area (TPSA) is 47.7 Å². The highest BCUT2D eigenvalue weighted by molar-refractivity contribution is 5.85. The summed E-state index contributed by atoms with van der Waals surface area (Å²) in [6, 6.07) is 0.417. The van der Waals surface area contributed by atoms with Gasteiger partial charge in [0.05, 0.1) is 19.8 Å². The van der Waals surface area contributed by atoms with Crippen LogP contribution in [0.3, 0.4) is 0 Å². The second kappa shape index (κ2) is 9.36. The fraction of sp³-hybridized carbons (Fsp3) is 1.00. The molecule has 1 aliphatic heterocycles. The predicted octanol–water partition coefficient (Wildman–Crippen LogP) is 0.494. The van der Waals surface area contributed by atoms with Gasteiger partial charge < -0.3 is 20.1 Å². The zero-order chi connectivity index (χ0) is 10.2. The summed E-state index contributed by atoms with van der Waals surface area (Å²) in [6.07, 6.45) is 2.25. The van der Waals surface area contributed by atoms with Crippen molar-refractivity contribution < 1.29 is 9.47 Å². The summed E-state index contributed by atoms with van der Waals surface area (Å²) in [5, 5.41) is 0. The standard InChI is InChI=1S/C10H22N2O2.ClH/c1-13-8-9-14-7-6-12-4-2-10(11)3-5-12;/h10H,2-9,11H2,1H3;1H. The first-order chi connectivity index (χ1) is 6.83. The van der Waals surface area contributed by atoms with Crippen molar-refractivity contribution in [3.8, 4) is 0 Å². The van der Waals surface area contributed by atoms with Crippen LogP contribution in [-0.4, -0.2) is 57.5 Å². The van der Waals surface area contributed by atoms with Gasteiger partial charge in [-0.05, 0) is 25.9 Å². The van der Waals surface area contributed by atoms with Crippen LogP contribution in [0, 0.1) is 0 Å². The number of nitrogens with zero attached hydrogens (tertiary/aromatic N) is 1. The van der Waals surface area contributed by atoms with Gasteiger partial charge in [0.2, 0.25) is 0 Å². The number of hydrogen-bond acceptors (Lipinski definition) is 4. The number of nitrogens with two attached hydrogens (primary N) is 1. The van der Waals surface area contributed by atoms with Crippen molar-refractivity contribution in [2.24, 2.45) is 5.73 Å². The molecule has 0 atom stereocenters. The van der Waals surface area contributed by atoms with Crippen LogP contribution in [0.2, 0.25) is 0 Å². The summed E-state index contributed by atoms with van der Waals surface area (Å²) >= 11 is 0. The molecule has 5 heteroatoms. The van der Waals surface area contributed by atoms with Crippen LogP contribution in [0.4, 0.5) is 0 Å². The minimum atomic E-state index is 0. The van der Waals surface area contributed by atoms with E-state index in [9.17, 15) is 0 Å². The number of likely N-dealkylation sites (tertiary alicyclic amines) is 1. The molecule has 1 fully saturated rings. The van der Waals surface area contributed by atoms with Gasteiger partial charge in [0.1, 0.15) is 0 Å². The van der Waals surface area contributed by atoms with Crippen LogP contribution in [0.5, 0.6) is 0 Å². The molecule has 2 N–H and O–H groups in total. The van der Waals surface area contributed by atoms with E-state index in [1.807, 2.05) is 0 Å². The first-order valence-corrected chi connectivity index (χ1v) is 5.37. The van der Waals surface area contributed by atoms with E-state index in [4.69, 9.17) is 15.2 Å². The summed E-state index contributed by atoms with van der Waals surface area (Å²) in [5.74, 6) is 0. The summed E-state index contributed by atoms with van der Waals surface area (Å²) in [6.45, 7) is 5.45. The molecule has 0 saturated carbocycles. The molecule has 0 unspecified atom stereocenters. The van der Waals surface area contributed by atoms with Crippen molar-refractivity contribution in [3.63, 3.8) is 0 Å². The summed E-state index contributed by atoms with van der Waals surface area (Å²) < 4.78 is 10.3. The number of methoxy groups -OCH3 is 1. The van der Waals surface area contributed by atoms with E-state index in [-0.39, 0.29) is 12.4 Å². The first-order valence-electron chi connectivity index (χ1n) is 5.37. The molecule has 0 aromatic heterocycles. The van der Waals surface area contributed by atoms with E-state index in [0.29, 0.717) is 19.3 Å². The van der Waals surface area contributed by atoms with Crippen LogP contribution >= 0.6 is 12.4 Å². The molecular weight excluding hydrogens is 216 g/mol. The van der Waals surface area contributed by atoms with Gasteiger partial charge in [-0.3, -0.25) is 0 Å². The lowest BCUT2D eigenvalue weighted by molar-refractivity contribution is 0.0533. The maximum Gasteiger partial charge on any atom is 0.0700 e. The fourth-order valence-corrected chi connectivity index (χ4v) is 1.61. The molecule has 1 aliphatic rings. The van der Waals surface area contributed by atoms with E-state index < -0.39 is 0 Å². The Morgan fingerprint density at radius 3 is 2.47 bits per heavy atom. The lowest BCUT2D eigenvalue weighted by Gasteiger charge is -2.29. The van der Waals surface area contributed by atoms with Crippen LogP contribution in [0.25, 0.3) is 0 Å². The van der Waals surface area contributed by atoms with Gasteiger partial charge in [0.15, 0.2) is 0 Å². The Morgan fingerprint density at radius 2 is 1.87 bits per heavy atom. The van der Waals surface area contributed by atoms with E-state index in [0.717, 1.165) is 39.1 Å². The third-order valence-electron chi connectivity index (χ3n) is 2.62. The Bertz CT molecular complexity index is 141. The number of halogens is 1. The normalized spacial score (nSPS) is 18.8. The van der Waals surface area contributed by atoms with Gasteiger partial charge in [-0.2, -0.15) is 0 Å². The molecule has 0 aromatic carbocycles. The first kappa shape index (κ1) is 15.1. The van der Waals surface area contributed by atoms with Crippen LogP contribution in [-0.2, 0) is 9.47 Å². The number of piperidine rings is 1. The molecule has 15 heavy (non-hydrogen) atoms. The molecule has 1 heterocycles. The summed E-state index contributed by atoms with van der Waals surface area (Å²) in [7, 11) is 1.69. The maximum atomic E-state index is 5.82. The van der Waals surface area contributed by atoms with Gasteiger partial charge in [-0.15, -0.1) is 12.4 Å². The third kappa shape index (κ3) is 7.09. The Labute approximate surface area is 98.5 Å². The minimum Gasteiger partial charge on any atom is -0.382 e. The largest absolute Gasteiger partial charge is 0.382 e. The van der Waals surface area contributed by atoms with E-state index in [2.05, 4.69) is 4.90 Å². The Hall–Kier alpha value is 0.130. The van der Waals surface area contributed by atoms with Gasteiger partial charge in [-0.1, -0.05) is 0 Å². The Kier molecular flexibility index (Phi) is 9.44.